The van der Waals surface area contributed by atoms with Gasteiger partial charge < -0.3 is 0 Å². The highest BCUT2D eigenvalue weighted by molar-refractivity contribution is 6.44. The van der Waals surface area contributed by atoms with Crippen molar-refractivity contribution in [3.8, 4) is 0 Å². The Bertz CT molecular complexity index is 972. The average molecular weight is 388 g/mol. The summed E-state index contributed by atoms with van der Waals surface area (Å²) in [5, 5.41) is 2.95. The van der Waals surface area contributed by atoms with Crippen molar-refractivity contribution in [2.24, 2.45) is 15.2 Å². The number of benzene rings is 2. The van der Waals surface area contributed by atoms with Crippen LogP contribution in [0.5, 0.6) is 0 Å². The van der Waals surface area contributed by atoms with Gasteiger partial charge in [0.25, 0.3) is 5.84 Å². The maximum Gasteiger partial charge on any atom is 0.317 e. The lowest BCUT2D eigenvalue weighted by Crippen LogP contribution is -2.33. The molecule has 1 heterocycles. The molecule has 0 fully saturated rings. The Hall–Kier alpha value is -3.41. The molecule has 0 radical (unpaired) electrons. The van der Waals surface area contributed by atoms with E-state index in [9.17, 15) is 4.91 Å². The molecule has 0 aliphatic carbocycles. The summed E-state index contributed by atoms with van der Waals surface area (Å²) in [4.78, 5) is 22.5. The quantitative estimate of drug-likeness (QED) is 0.494. The lowest BCUT2D eigenvalue weighted by Gasteiger charge is -2.10. The topological polar surface area (TPSA) is 60.4 Å². The van der Waals surface area contributed by atoms with Crippen molar-refractivity contribution in [2.45, 2.75) is 20.8 Å². The summed E-state index contributed by atoms with van der Waals surface area (Å²) in [5.74, 6) is 2.79. The van der Waals surface area contributed by atoms with Crippen molar-refractivity contribution in [3.05, 3.63) is 71.1 Å². The van der Waals surface area contributed by atoms with Crippen LogP contribution in [-0.4, -0.2) is 46.6 Å². The summed E-state index contributed by atoms with van der Waals surface area (Å²) in [6, 6.07) is 17.2. The smallest absolute Gasteiger partial charge is 0.238 e. The van der Waals surface area contributed by atoms with E-state index in [1.165, 1.54) is 0 Å². The first-order valence-electron chi connectivity index (χ1n) is 9.93. The highest BCUT2D eigenvalue weighted by Crippen LogP contribution is 2.18. The summed E-state index contributed by atoms with van der Waals surface area (Å²) in [6.07, 6.45) is 4.11. The van der Waals surface area contributed by atoms with Gasteiger partial charge in [-0.05, 0) is 61.9 Å². The van der Waals surface area contributed by atoms with Gasteiger partial charge in [-0.1, -0.05) is 30.3 Å². The molecule has 0 aromatic heterocycles. The van der Waals surface area contributed by atoms with Crippen LogP contribution in [0.2, 0.25) is 0 Å². The van der Waals surface area contributed by atoms with E-state index >= 15 is 0 Å². The van der Waals surface area contributed by atoms with Crippen molar-refractivity contribution >= 4 is 35.0 Å². The first kappa shape index (κ1) is 20.3. The number of nitrogens with zero attached hydrogens (tertiary/aromatic N) is 5. The SMILES string of the molecule is CCN=C1C(=Nc2ccccc2)N(CC)C(C=Cc2ccc(N=O)cc2)=[N+]1CC. The molecule has 0 amide bonds. The van der Waals surface area contributed by atoms with Gasteiger partial charge in [0, 0.05) is 6.08 Å². The summed E-state index contributed by atoms with van der Waals surface area (Å²) in [6.45, 7) is 8.52. The Labute approximate surface area is 171 Å². The molecule has 0 unspecified atom stereocenters. The second kappa shape index (κ2) is 9.68. The third kappa shape index (κ3) is 4.54. The normalized spacial score (nSPS) is 17.1. The van der Waals surface area contributed by atoms with Crippen molar-refractivity contribution in [1.29, 1.82) is 0 Å². The van der Waals surface area contributed by atoms with Gasteiger partial charge in [-0.25, -0.2) is 14.5 Å². The Morgan fingerprint density at radius 3 is 2.24 bits per heavy atom. The van der Waals surface area contributed by atoms with Crippen LogP contribution in [0.1, 0.15) is 26.3 Å². The zero-order valence-electron chi connectivity index (χ0n) is 17.1. The number of hydrogen-bond acceptors (Lipinski definition) is 4. The van der Waals surface area contributed by atoms with E-state index in [2.05, 4.69) is 34.6 Å². The van der Waals surface area contributed by atoms with Crippen molar-refractivity contribution in [3.63, 3.8) is 0 Å². The fourth-order valence-electron chi connectivity index (χ4n) is 3.27. The standard InChI is InChI=1S/C23H26N5O/c1-4-24-22-23(25-19-10-8-7-9-11-19)28(6-3)21(27(22)5-2)17-14-18-12-15-20(26-29)16-13-18/h7-17H,4-6H2,1-3H3/q+1. The predicted molar refractivity (Wildman–Crippen MR) is 121 cm³/mol. The number of hydrogen-bond donors (Lipinski definition) is 0. The van der Waals surface area contributed by atoms with Gasteiger partial charge in [0.05, 0.1) is 25.3 Å². The van der Waals surface area contributed by atoms with E-state index in [0.29, 0.717) is 12.2 Å². The maximum absolute atomic E-state index is 10.6. The fraction of sp³-hybridized carbons (Fsp3) is 0.261. The van der Waals surface area contributed by atoms with Gasteiger partial charge >= 0.3 is 5.84 Å². The zero-order chi connectivity index (χ0) is 20.6. The van der Waals surface area contributed by atoms with E-state index < -0.39 is 0 Å². The van der Waals surface area contributed by atoms with Crippen LogP contribution >= 0.6 is 0 Å². The molecule has 1 aliphatic rings. The van der Waals surface area contributed by atoms with E-state index in [-0.39, 0.29) is 0 Å². The number of likely N-dealkylation sites (N-methyl/N-ethyl adjacent to an activating group) is 2. The molecule has 0 spiro atoms. The van der Waals surface area contributed by atoms with E-state index in [1.54, 1.807) is 12.1 Å². The van der Waals surface area contributed by atoms with Crippen LogP contribution in [0.25, 0.3) is 6.08 Å². The third-order valence-electron chi connectivity index (χ3n) is 4.62. The first-order chi connectivity index (χ1) is 14.2. The lowest BCUT2D eigenvalue weighted by atomic mass is 10.2. The van der Waals surface area contributed by atoms with Crippen LogP contribution in [0.15, 0.2) is 75.8 Å². The zero-order valence-corrected chi connectivity index (χ0v) is 17.1. The summed E-state index contributed by atoms with van der Waals surface area (Å²) < 4.78 is 2.19. The molecule has 0 atom stereocenters. The van der Waals surface area contributed by atoms with Gasteiger partial charge in [-0.3, -0.25) is 0 Å². The third-order valence-corrected chi connectivity index (χ3v) is 4.62. The van der Waals surface area contributed by atoms with Crippen LogP contribution in [0.3, 0.4) is 0 Å². The minimum atomic E-state index is 0.427. The number of nitroso groups, excluding NO2 is 1. The number of aliphatic imine (C=N–C) groups is 2. The molecule has 2 aromatic carbocycles. The van der Waals surface area contributed by atoms with Crippen LogP contribution < -0.4 is 0 Å². The molecule has 29 heavy (non-hydrogen) atoms. The van der Waals surface area contributed by atoms with Gasteiger partial charge in [0.1, 0.15) is 5.69 Å². The van der Waals surface area contributed by atoms with Crippen molar-refractivity contribution in [1.82, 2.24) is 4.90 Å². The molecule has 0 N–H and O–H groups in total. The second-order valence-corrected chi connectivity index (χ2v) is 6.43. The number of para-hydroxylation sites is 1. The number of rotatable bonds is 7. The Balaban J connectivity index is 2.03. The summed E-state index contributed by atoms with van der Waals surface area (Å²) in [7, 11) is 0. The minimum Gasteiger partial charge on any atom is -0.238 e. The predicted octanol–water partition coefficient (Wildman–Crippen LogP) is 5.01. The summed E-state index contributed by atoms with van der Waals surface area (Å²) >= 11 is 0. The Morgan fingerprint density at radius 1 is 0.931 bits per heavy atom. The van der Waals surface area contributed by atoms with E-state index in [0.717, 1.165) is 41.8 Å². The lowest BCUT2D eigenvalue weighted by molar-refractivity contribution is -0.399. The van der Waals surface area contributed by atoms with Gasteiger partial charge in [-0.15, -0.1) is 9.90 Å². The molecule has 3 rings (SSSR count). The van der Waals surface area contributed by atoms with Crippen LogP contribution in [-0.2, 0) is 0 Å². The Morgan fingerprint density at radius 2 is 1.66 bits per heavy atom. The molecular weight excluding hydrogens is 362 g/mol. The van der Waals surface area contributed by atoms with E-state index in [1.807, 2.05) is 55.5 Å². The molecular formula is C23H26N5O+. The van der Waals surface area contributed by atoms with Crippen molar-refractivity contribution in [2.75, 3.05) is 19.6 Å². The molecule has 1 aliphatic heterocycles. The van der Waals surface area contributed by atoms with Gasteiger partial charge in [0.2, 0.25) is 5.84 Å². The fourth-order valence-corrected chi connectivity index (χ4v) is 3.27. The molecule has 6 nitrogen and oxygen atoms in total. The largest absolute Gasteiger partial charge is 0.317 e. The molecule has 6 heteroatoms. The molecule has 0 saturated carbocycles. The highest BCUT2D eigenvalue weighted by atomic mass is 16.3. The first-order valence-corrected chi connectivity index (χ1v) is 9.93. The van der Waals surface area contributed by atoms with Crippen LogP contribution in [0, 0.1) is 4.91 Å². The summed E-state index contributed by atoms with van der Waals surface area (Å²) in [5.41, 5.74) is 2.33. The molecule has 148 valence electrons. The minimum absolute atomic E-state index is 0.427. The Kier molecular flexibility index (Phi) is 6.79. The average Bonchev–Trinajstić information content (AvgIpc) is 3.05. The monoisotopic (exact) mass is 388 g/mol. The second-order valence-electron chi connectivity index (χ2n) is 6.43. The van der Waals surface area contributed by atoms with E-state index in [4.69, 9.17) is 9.98 Å². The van der Waals surface area contributed by atoms with Gasteiger partial charge in [-0.2, -0.15) is 0 Å². The highest BCUT2D eigenvalue weighted by Gasteiger charge is 2.39. The van der Waals surface area contributed by atoms with Crippen molar-refractivity contribution < 1.29 is 4.58 Å². The molecule has 0 bridgehead atoms. The molecule has 0 saturated heterocycles. The van der Waals surface area contributed by atoms with Gasteiger partial charge in [0.15, 0.2) is 0 Å². The number of amidine groups is 3. The van der Waals surface area contributed by atoms with Crippen LogP contribution in [0.4, 0.5) is 11.4 Å². The molecule has 2 aromatic rings. The maximum atomic E-state index is 10.6.